The van der Waals surface area contributed by atoms with Crippen LogP contribution in [0.4, 0.5) is 0 Å². The number of aliphatic imine (C=N–C) groups is 1. The summed E-state index contributed by atoms with van der Waals surface area (Å²) in [5.74, 6) is -0.304. The van der Waals surface area contributed by atoms with Gasteiger partial charge in [-0.3, -0.25) is 0 Å². The molecule has 2 aliphatic carbocycles. The van der Waals surface area contributed by atoms with Gasteiger partial charge in [0, 0.05) is 12.2 Å². The topological polar surface area (TPSA) is 181 Å². The van der Waals surface area contributed by atoms with E-state index in [2.05, 4.69) is 11.9 Å². The minimum absolute atomic E-state index is 0. The van der Waals surface area contributed by atoms with Gasteiger partial charge in [0.1, 0.15) is 17.6 Å². The molecule has 3 aromatic rings. The van der Waals surface area contributed by atoms with E-state index in [-0.39, 0.29) is 84.1 Å². The van der Waals surface area contributed by atoms with Gasteiger partial charge in [0.2, 0.25) is 6.23 Å². The molecule has 9 rings (SSSR count). The van der Waals surface area contributed by atoms with Gasteiger partial charge in [-0.1, -0.05) is 55.5 Å². The minimum atomic E-state index is -4.79. The number of guanidine groups is 1. The number of fused-ring (bicyclic) bond motifs is 4. The molecule has 266 valence electrons. The second-order valence-electron chi connectivity index (χ2n) is 14.6. The predicted molar refractivity (Wildman–Crippen MR) is 189 cm³/mol. The van der Waals surface area contributed by atoms with Gasteiger partial charge in [-0.25, -0.2) is 13.4 Å². The number of nitrogens with zero attached hydrogens (tertiary/aromatic N) is 1. The molecule has 3 aromatic carbocycles. The van der Waals surface area contributed by atoms with E-state index >= 15 is 0 Å². The van der Waals surface area contributed by atoms with Gasteiger partial charge in [0.05, 0.1) is 21.5 Å². The normalized spacial score (nSPS) is 29.9. The minimum Gasteiger partial charge on any atom is -0.748 e. The number of hydrogen-bond acceptors (Lipinski definition) is 8. The van der Waals surface area contributed by atoms with Crippen LogP contribution in [-0.4, -0.2) is 47.1 Å². The number of benzene rings is 3. The number of hydrogen-bond donors (Lipinski definition) is 4. The van der Waals surface area contributed by atoms with Crippen LogP contribution < -0.4 is 45.8 Å². The molecule has 6 aliphatic rings. The molecule has 1 fully saturated rings. The molecule has 9 atom stereocenters. The van der Waals surface area contributed by atoms with Gasteiger partial charge < -0.3 is 35.7 Å². The summed E-state index contributed by atoms with van der Waals surface area (Å²) in [4.78, 5) is 4.41. The number of ether oxygens (including phenoxy) is 2. The maximum Gasteiger partial charge on any atom is 1.00 e. The first kappa shape index (κ1) is 37.8. The number of nitrogens with two attached hydrogens (primary N) is 2. The molecular weight excluding hydrogens is 678 g/mol. The van der Waals surface area contributed by atoms with E-state index in [0.29, 0.717) is 31.4 Å². The molecule has 0 radical (unpaired) electrons. The van der Waals surface area contributed by atoms with Crippen molar-refractivity contribution in [2.45, 2.75) is 87.4 Å². The van der Waals surface area contributed by atoms with Crippen molar-refractivity contribution in [1.29, 1.82) is 0 Å². The molecule has 0 amide bonds. The maximum atomic E-state index is 13.6. The Morgan fingerprint density at radius 1 is 1.00 bits per heavy atom. The van der Waals surface area contributed by atoms with Gasteiger partial charge in [0.25, 0.3) is 0 Å². The third-order valence-corrected chi connectivity index (χ3v) is 12.7. The Labute approximate surface area is 322 Å². The van der Waals surface area contributed by atoms with Crippen LogP contribution in [0.1, 0.15) is 97.4 Å². The van der Waals surface area contributed by atoms with Crippen molar-refractivity contribution in [2.75, 3.05) is 6.61 Å². The Morgan fingerprint density at radius 3 is 2.39 bits per heavy atom. The summed E-state index contributed by atoms with van der Waals surface area (Å²) in [7, 11) is -4.79. The average molecular weight is 724 g/mol. The molecule has 9 unspecified atom stereocenters. The van der Waals surface area contributed by atoms with Crippen molar-refractivity contribution in [2.24, 2.45) is 34.2 Å². The number of aliphatic hydroxyl groups is 1. The van der Waals surface area contributed by atoms with Crippen molar-refractivity contribution >= 4 is 16.1 Å². The van der Waals surface area contributed by atoms with Crippen LogP contribution in [0.3, 0.4) is 0 Å². The van der Waals surface area contributed by atoms with E-state index in [1.165, 1.54) is 0 Å². The number of phenols is 1. The summed E-state index contributed by atoms with van der Waals surface area (Å²) in [6, 6.07) is 20.6. The smallest absolute Gasteiger partial charge is 0.748 e. The first-order valence-electron chi connectivity index (χ1n) is 17.7. The third-order valence-electron chi connectivity index (χ3n) is 11.4. The number of rotatable bonds is 6. The molecular formula is C39H46N3NaO7S. The number of phenolic OH excluding ortho intramolecular Hbond substituents is 1. The molecule has 12 heteroatoms. The van der Waals surface area contributed by atoms with Gasteiger partial charge in [-0.05, 0) is 127 Å². The van der Waals surface area contributed by atoms with Crippen molar-refractivity contribution in [3.05, 3.63) is 106 Å². The van der Waals surface area contributed by atoms with Crippen LogP contribution in [0.25, 0.3) is 0 Å². The fourth-order valence-corrected chi connectivity index (χ4v) is 10.1. The summed E-state index contributed by atoms with van der Waals surface area (Å²) in [6.07, 6.45) is 4.87. The molecule has 8 bridgehead atoms. The van der Waals surface area contributed by atoms with Gasteiger partial charge in [-0.2, -0.15) is 0 Å². The van der Waals surface area contributed by atoms with E-state index in [4.69, 9.17) is 20.9 Å². The molecule has 0 spiro atoms. The van der Waals surface area contributed by atoms with Crippen LogP contribution >= 0.6 is 0 Å². The Hall–Kier alpha value is -2.90. The Balaban J connectivity index is 0.00000448. The van der Waals surface area contributed by atoms with Crippen LogP contribution in [0.15, 0.2) is 83.4 Å². The molecule has 1 saturated heterocycles. The molecule has 51 heavy (non-hydrogen) atoms. The van der Waals surface area contributed by atoms with Crippen LogP contribution in [0.5, 0.6) is 11.5 Å². The maximum absolute atomic E-state index is 13.6. The summed E-state index contributed by atoms with van der Waals surface area (Å²) in [5, 5.41) is 18.6. The zero-order chi connectivity index (χ0) is 35.2. The monoisotopic (exact) mass is 723 g/mol. The largest absolute Gasteiger partial charge is 1.00 e. The average Bonchev–Trinajstić information content (AvgIpc) is 3.22. The fraction of sp³-hybridized carbons (Fsp3) is 0.462. The van der Waals surface area contributed by atoms with Crippen molar-refractivity contribution < 1.29 is 62.2 Å². The van der Waals surface area contributed by atoms with Crippen molar-refractivity contribution in [3.8, 4) is 11.5 Å². The van der Waals surface area contributed by atoms with Crippen LogP contribution in [-0.2, 0) is 21.3 Å². The van der Waals surface area contributed by atoms with E-state index in [1.807, 2.05) is 60.7 Å². The quantitative estimate of drug-likeness (QED) is 0.0978. The van der Waals surface area contributed by atoms with E-state index in [0.717, 1.165) is 46.2 Å². The van der Waals surface area contributed by atoms with Crippen molar-refractivity contribution in [1.82, 2.24) is 0 Å². The van der Waals surface area contributed by atoms with E-state index in [1.54, 1.807) is 12.1 Å². The first-order chi connectivity index (χ1) is 24.0. The van der Waals surface area contributed by atoms with Gasteiger partial charge in [-0.15, -0.1) is 0 Å². The van der Waals surface area contributed by atoms with Gasteiger partial charge in [0.15, 0.2) is 5.96 Å². The van der Waals surface area contributed by atoms with E-state index in [9.17, 15) is 23.2 Å². The summed E-state index contributed by atoms with van der Waals surface area (Å²) >= 11 is 0. The predicted octanol–water partition coefficient (Wildman–Crippen LogP) is 2.68. The fourth-order valence-electron chi connectivity index (χ4n) is 9.06. The van der Waals surface area contributed by atoms with Gasteiger partial charge >= 0.3 is 29.6 Å². The summed E-state index contributed by atoms with van der Waals surface area (Å²) in [6.45, 7) is 2.17. The standard InChI is InChI=1S/C39H47N3O7S.Na/c1-22-4-5-26-18-31-14-15-32(26)33(22)21-35(50(45,46)47)34-20-28-17-27(36(34)23-6-8-25(9-7-23)38(49-31)42-39(40)41)19-30(3-2-16-43)48-37(28)24-10-12-29(44)13-11-24;/h6-15,18,20,22,27,30,33-38,43-44H,2-5,16-17,19,21H2,1H3,(H4,40,41,42)(H,45,46,47);/q;+1/p-1. The van der Waals surface area contributed by atoms with Crippen LogP contribution in [0, 0.1) is 17.8 Å². The number of allylic oxidation sites excluding steroid dienone is 1. The molecule has 6 N–H and O–H groups in total. The van der Waals surface area contributed by atoms with Crippen LogP contribution in [0.2, 0.25) is 0 Å². The Kier molecular flexibility index (Phi) is 11.6. The Morgan fingerprint density at radius 2 is 1.71 bits per heavy atom. The first-order valence-corrected chi connectivity index (χ1v) is 19.1. The zero-order valence-corrected chi connectivity index (χ0v) is 32.0. The van der Waals surface area contributed by atoms with E-state index < -0.39 is 33.6 Å². The summed E-state index contributed by atoms with van der Waals surface area (Å²) in [5.41, 5.74) is 17.3. The molecule has 0 saturated carbocycles. The molecule has 4 heterocycles. The zero-order valence-electron chi connectivity index (χ0n) is 29.2. The SMILES string of the molecule is CC1CCc2cc3ccc2C1CC(S(=O)(=O)[O-])C1C=C2CC(CC(CCCO)OC2c2ccc(O)cc2)C1c1ccc(cc1)C(N=C(N)N)O3.[Na+]. The third kappa shape index (κ3) is 8.05. The summed E-state index contributed by atoms with van der Waals surface area (Å²) < 4.78 is 54.1. The molecule has 10 nitrogen and oxygen atoms in total. The number of aliphatic hydroxyl groups excluding tert-OH is 1. The Bertz CT molecular complexity index is 1860. The van der Waals surface area contributed by atoms with Crippen molar-refractivity contribution in [3.63, 3.8) is 0 Å². The second kappa shape index (κ2) is 15.6. The molecule has 4 aliphatic heterocycles. The number of aromatic hydroxyl groups is 1. The molecule has 0 aromatic heterocycles. The number of aryl methyl sites for hydroxylation is 1. The second-order valence-corrected chi connectivity index (χ2v) is 16.2.